The zero-order chi connectivity index (χ0) is 18.1. The normalized spacial score (nSPS) is 13.3. The highest BCUT2D eigenvalue weighted by molar-refractivity contribution is 6.09. The number of benzene rings is 2. The zero-order valence-corrected chi connectivity index (χ0v) is 15.9. The second kappa shape index (κ2) is 7.63. The third-order valence-corrected chi connectivity index (χ3v) is 4.60. The highest BCUT2D eigenvalue weighted by atomic mass is 35.5. The number of anilines is 2. The van der Waals surface area contributed by atoms with E-state index in [1.54, 1.807) is 6.08 Å². The Kier molecular flexibility index (Phi) is 5.73. The van der Waals surface area contributed by atoms with Crippen molar-refractivity contribution in [1.82, 2.24) is 5.41 Å². The molecule has 1 aliphatic carbocycles. The van der Waals surface area contributed by atoms with Crippen molar-refractivity contribution in [2.24, 2.45) is 0 Å². The molecule has 0 spiro atoms. The molecule has 1 aliphatic rings. The molecule has 0 aromatic heterocycles. The van der Waals surface area contributed by atoms with Gasteiger partial charge in [0.15, 0.2) is 0 Å². The summed E-state index contributed by atoms with van der Waals surface area (Å²) in [5.41, 5.74) is 21.1. The molecule has 2 aromatic rings. The molecule has 132 valence electrons. The minimum absolute atomic E-state index is 0. The maximum atomic E-state index is 9.89. The maximum absolute atomic E-state index is 9.89. The Morgan fingerprint density at radius 3 is 1.73 bits per heavy atom. The van der Waals surface area contributed by atoms with Crippen LogP contribution in [0.4, 0.5) is 11.4 Å². The van der Waals surface area contributed by atoms with Crippen molar-refractivity contribution in [3.63, 3.8) is 0 Å². The van der Waals surface area contributed by atoms with E-state index in [0.29, 0.717) is 5.71 Å². The lowest BCUT2D eigenvalue weighted by Gasteiger charge is -2.16. The minimum Gasteiger partial charge on any atom is -1.00 e. The third kappa shape index (κ3) is 3.73. The summed E-state index contributed by atoms with van der Waals surface area (Å²) in [4.78, 5) is 0. The van der Waals surface area contributed by atoms with E-state index in [9.17, 15) is 5.41 Å². The summed E-state index contributed by atoms with van der Waals surface area (Å²) < 4.78 is 0. The molecular formula is C22H22ClN3. The molecule has 0 aliphatic heterocycles. The molecule has 4 N–H and O–H groups in total. The summed E-state index contributed by atoms with van der Waals surface area (Å²) in [7, 11) is 0. The van der Waals surface area contributed by atoms with Crippen molar-refractivity contribution < 1.29 is 12.4 Å². The number of hydrogen-bond acceptors (Lipinski definition) is 2. The van der Waals surface area contributed by atoms with Gasteiger partial charge in [0.25, 0.3) is 0 Å². The van der Waals surface area contributed by atoms with E-state index in [1.165, 1.54) is 0 Å². The Bertz CT molecular complexity index is 912. The van der Waals surface area contributed by atoms with Gasteiger partial charge in [-0.25, -0.2) is 0 Å². The van der Waals surface area contributed by atoms with Gasteiger partial charge in [0.05, 0.1) is 0 Å². The molecule has 26 heavy (non-hydrogen) atoms. The van der Waals surface area contributed by atoms with Crippen molar-refractivity contribution in [3.8, 4) is 0 Å². The van der Waals surface area contributed by atoms with Gasteiger partial charge in [-0.15, -0.1) is 0 Å². The van der Waals surface area contributed by atoms with Gasteiger partial charge in [-0.05, 0) is 90.6 Å². The lowest BCUT2D eigenvalue weighted by atomic mass is 9.88. The van der Waals surface area contributed by atoms with Crippen LogP contribution in [-0.4, -0.2) is 5.71 Å². The fourth-order valence-electron chi connectivity index (χ4n) is 2.97. The first-order chi connectivity index (χ1) is 11.9. The molecule has 2 aromatic carbocycles. The van der Waals surface area contributed by atoms with Crippen LogP contribution in [0, 0.1) is 13.8 Å². The van der Waals surface area contributed by atoms with E-state index in [0.717, 1.165) is 50.3 Å². The average molecular weight is 364 g/mol. The van der Waals surface area contributed by atoms with Gasteiger partial charge in [0, 0.05) is 23.0 Å². The lowest BCUT2D eigenvalue weighted by Crippen LogP contribution is -3.00. The van der Waals surface area contributed by atoms with E-state index in [4.69, 9.17) is 11.5 Å². The molecule has 3 nitrogen and oxygen atoms in total. The van der Waals surface area contributed by atoms with Gasteiger partial charge in [-0.1, -0.05) is 12.1 Å². The number of nitrogen functional groups attached to an aromatic ring is 2. The lowest BCUT2D eigenvalue weighted by molar-refractivity contribution is -0.00000528. The predicted octanol–water partition coefficient (Wildman–Crippen LogP) is 1.03. The summed E-state index contributed by atoms with van der Waals surface area (Å²) in [6.07, 6.45) is 5.68. The number of nitrogens with zero attached hydrogens (tertiary/aromatic N) is 1. The largest absolute Gasteiger partial charge is 1.00 e. The van der Waals surface area contributed by atoms with Gasteiger partial charge >= 0.3 is 11.1 Å². The number of halogens is 1. The standard InChI is InChI=1S/C22H22N3.ClH/c1-13-10-16(4-7-19(13)23)22(17-5-8-20(24)14(2)11-17)18-6-9-21(25)15(3)12-18;/h4-12H,23-24H2,1-3H3;1H/q+1;/p-1. The van der Waals surface area contributed by atoms with Crippen LogP contribution in [0.1, 0.15) is 29.2 Å². The van der Waals surface area contributed by atoms with E-state index in [2.05, 4.69) is 12.1 Å². The predicted molar refractivity (Wildman–Crippen MR) is 107 cm³/mol. The molecule has 4 heteroatoms. The number of nitrogens with two attached hydrogens (primary N) is 2. The van der Waals surface area contributed by atoms with Crippen molar-refractivity contribution in [2.45, 2.75) is 20.8 Å². The van der Waals surface area contributed by atoms with Crippen molar-refractivity contribution in [2.75, 3.05) is 11.5 Å². The molecule has 2 radical (unpaired) electrons. The molecule has 3 rings (SSSR count). The fourth-order valence-corrected chi connectivity index (χ4v) is 2.97. The summed E-state index contributed by atoms with van der Waals surface area (Å²) in [5, 5.41) is 9.89. The van der Waals surface area contributed by atoms with Crippen LogP contribution < -0.4 is 29.3 Å². The molecule has 0 saturated heterocycles. The van der Waals surface area contributed by atoms with E-state index in [-0.39, 0.29) is 12.4 Å². The molecule has 0 atom stereocenters. The molecule has 0 saturated carbocycles. The minimum atomic E-state index is 0. The monoisotopic (exact) mass is 363 g/mol. The number of aryl methyl sites for hydroxylation is 2. The number of hydrogen-bond donors (Lipinski definition) is 2. The quantitative estimate of drug-likeness (QED) is 0.782. The van der Waals surface area contributed by atoms with Crippen molar-refractivity contribution in [3.05, 3.63) is 88.0 Å². The van der Waals surface area contributed by atoms with Crippen LogP contribution in [0.3, 0.4) is 0 Å². The fraction of sp³-hybridized carbons (Fsp3) is 0.136. The Labute approximate surface area is 161 Å². The average Bonchev–Trinajstić information content (AvgIpc) is 2.57. The van der Waals surface area contributed by atoms with Crippen molar-refractivity contribution >= 4 is 22.7 Å². The summed E-state index contributed by atoms with van der Waals surface area (Å²) >= 11 is 0. The Morgan fingerprint density at radius 2 is 1.31 bits per heavy atom. The highest BCUT2D eigenvalue weighted by Gasteiger charge is 2.19. The topological polar surface area (TPSA) is 74.3 Å². The molecular weight excluding hydrogens is 342 g/mol. The molecule has 0 fully saturated rings. The summed E-state index contributed by atoms with van der Waals surface area (Å²) in [6.45, 7) is 5.92. The van der Waals surface area contributed by atoms with Gasteiger partial charge < -0.3 is 23.9 Å². The third-order valence-electron chi connectivity index (χ3n) is 4.60. The Hall–Kier alpha value is -2.78. The van der Waals surface area contributed by atoms with Crippen LogP contribution in [0.15, 0.2) is 65.8 Å². The highest BCUT2D eigenvalue weighted by Crippen LogP contribution is 2.33. The van der Waals surface area contributed by atoms with Gasteiger partial charge in [0.1, 0.15) is 0 Å². The second-order valence-electron chi connectivity index (χ2n) is 6.52. The maximum Gasteiger partial charge on any atom is 0.428 e. The van der Waals surface area contributed by atoms with Crippen LogP contribution in [0.5, 0.6) is 0 Å². The molecule has 0 amide bonds. The number of allylic oxidation sites excluding steroid dienone is 5. The molecule has 0 unspecified atom stereocenters. The second-order valence-corrected chi connectivity index (χ2v) is 6.52. The van der Waals surface area contributed by atoms with Gasteiger partial charge in [-0.3, -0.25) is 0 Å². The SMILES string of the molecule is CC1=CC(=C(c2ccc(N)c(C)c2)c2ccc(N)c(C)c2)C=CC1=[N+].[Cl-]. The molecule has 0 heterocycles. The van der Waals surface area contributed by atoms with E-state index < -0.39 is 0 Å². The number of rotatable bonds is 2. The Balaban J connectivity index is 0.00000243. The summed E-state index contributed by atoms with van der Waals surface area (Å²) in [5.74, 6) is 0. The van der Waals surface area contributed by atoms with E-state index in [1.807, 2.05) is 57.2 Å². The summed E-state index contributed by atoms with van der Waals surface area (Å²) in [6, 6.07) is 12.1. The van der Waals surface area contributed by atoms with E-state index >= 15 is 0 Å². The zero-order valence-electron chi connectivity index (χ0n) is 15.2. The van der Waals surface area contributed by atoms with Crippen LogP contribution in [-0.2, 0) is 0 Å². The molecule has 0 bridgehead atoms. The van der Waals surface area contributed by atoms with Crippen LogP contribution in [0.25, 0.3) is 5.57 Å². The Morgan fingerprint density at radius 1 is 0.808 bits per heavy atom. The van der Waals surface area contributed by atoms with Gasteiger partial charge in [0.2, 0.25) is 0 Å². The smallest absolute Gasteiger partial charge is 0.428 e. The first kappa shape index (κ1) is 19.5. The van der Waals surface area contributed by atoms with Crippen LogP contribution in [0.2, 0.25) is 0 Å². The van der Waals surface area contributed by atoms with Crippen molar-refractivity contribution in [1.29, 1.82) is 0 Å². The van der Waals surface area contributed by atoms with Gasteiger partial charge in [-0.2, -0.15) is 0 Å². The first-order valence-corrected chi connectivity index (χ1v) is 8.27. The van der Waals surface area contributed by atoms with Crippen LogP contribution >= 0.6 is 0 Å². The first-order valence-electron chi connectivity index (χ1n) is 8.27.